The number of nitro benzene ring substituents is 1. The van der Waals surface area contributed by atoms with Gasteiger partial charge in [0.2, 0.25) is 0 Å². The van der Waals surface area contributed by atoms with Gasteiger partial charge in [-0.2, -0.15) is 0 Å². The number of nitro groups is 1. The van der Waals surface area contributed by atoms with Crippen LogP contribution in [0.1, 0.15) is 10.4 Å². The Balaban J connectivity index is 2.70. The van der Waals surface area contributed by atoms with Crippen LogP contribution >= 0.6 is 15.9 Å². The van der Waals surface area contributed by atoms with Crippen LogP contribution in [0.3, 0.4) is 0 Å². The molecule has 1 rings (SSSR count). The molecule has 0 spiro atoms. The van der Waals surface area contributed by atoms with Gasteiger partial charge >= 0.3 is 6.09 Å². The highest BCUT2D eigenvalue weighted by atomic mass is 79.9. The number of amides is 2. The summed E-state index contributed by atoms with van der Waals surface area (Å²) in [6, 6.07) is 4.11. The van der Waals surface area contributed by atoms with Gasteiger partial charge in [0.25, 0.3) is 11.6 Å². The second kappa shape index (κ2) is 6.69. The number of halogens is 1. The molecule has 0 atom stereocenters. The highest BCUT2D eigenvalue weighted by molar-refractivity contribution is 9.10. The maximum Gasteiger partial charge on any atom is 0.404 e. The standard InChI is InChI=1S/C10H10BrN3O5/c11-8-6(2-1-3-7(8)14(17)18)9(15)13-4-5-19-10(12)16/h1-3H,4-5H2,(H2,12,16)(H,13,15). The van der Waals surface area contributed by atoms with Crippen LogP contribution in [0.2, 0.25) is 0 Å². The zero-order valence-electron chi connectivity index (χ0n) is 9.59. The summed E-state index contributed by atoms with van der Waals surface area (Å²) in [6.45, 7) is -0.0233. The molecule has 1 aromatic carbocycles. The Hall–Kier alpha value is -2.16. The number of primary amides is 1. The van der Waals surface area contributed by atoms with Crippen molar-refractivity contribution >= 4 is 33.6 Å². The zero-order chi connectivity index (χ0) is 14.4. The molecule has 0 unspecified atom stereocenters. The number of rotatable bonds is 5. The molecule has 0 radical (unpaired) electrons. The van der Waals surface area contributed by atoms with E-state index in [1.165, 1.54) is 18.2 Å². The van der Waals surface area contributed by atoms with E-state index in [-0.39, 0.29) is 28.9 Å². The molecular formula is C10H10BrN3O5. The van der Waals surface area contributed by atoms with Crippen molar-refractivity contribution < 1.29 is 19.2 Å². The molecule has 19 heavy (non-hydrogen) atoms. The lowest BCUT2D eigenvalue weighted by Crippen LogP contribution is -2.29. The Labute approximate surface area is 116 Å². The fourth-order valence-electron chi connectivity index (χ4n) is 1.25. The molecule has 102 valence electrons. The Bertz CT molecular complexity index is 520. The van der Waals surface area contributed by atoms with E-state index in [2.05, 4.69) is 26.0 Å². The van der Waals surface area contributed by atoms with E-state index in [1.807, 2.05) is 0 Å². The van der Waals surface area contributed by atoms with Crippen molar-refractivity contribution in [2.45, 2.75) is 0 Å². The van der Waals surface area contributed by atoms with Crippen molar-refractivity contribution in [1.29, 1.82) is 0 Å². The van der Waals surface area contributed by atoms with E-state index in [4.69, 9.17) is 5.73 Å². The first-order valence-corrected chi connectivity index (χ1v) is 5.86. The predicted octanol–water partition coefficient (Wildman–Crippen LogP) is 1.18. The van der Waals surface area contributed by atoms with Crippen LogP contribution in [0.5, 0.6) is 0 Å². The topological polar surface area (TPSA) is 125 Å². The Morgan fingerprint density at radius 2 is 2.16 bits per heavy atom. The minimum Gasteiger partial charge on any atom is -0.448 e. The van der Waals surface area contributed by atoms with E-state index < -0.39 is 16.9 Å². The second-order valence-corrected chi connectivity index (χ2v) is 4.11. The molecule has 8 nitrogen and oxygen atoms in total. The minimum atomic E-state index is -0.939. The van der Waals surface area contributed by atoms with Gasteiger partial charge in [-0.1, -0.05) is 6.07 Å². The SMILES string of the molecule is NC(=O)OCCNC(=O)c1cccc([N+](=O)[O-])c1Br. The van der Waals surface area contributed by atoms with Gasteiger partial charge in [-0.05, 0) is 22.0 Å². The molecule has 9 heteroatoms. The van der Waals surface area contributed by atoms with Crippen molar-refractivity contribution in [3.05, 3.63) is 38.3 Å². The number of benzene rings is 1. The van der Waals surface area contributed by atoms with Gasteiger partial charge in [0.15, 0.2) is 0 Å². The molecule has 0 aliphatic rings. The molecular weight excluding hydrogens is 322 g/mol. The number of ether oxygens (including phenoxy) is 1. The van der Waals surface area contributed by atoms with E-state index in [0.29, 0.717) is 0 Å². The van der Waals surface area contributed by atoms with Crippen LogP contribution in [0, 0.1) is 10.1 Å². The zero-order valence-corrected chi connectivity index (χ0v) is 11.2. The number of hydrogen-bond donors (Lipinski definition) is 2. The lowest BCUT2D eigenvalue weighted by molar-refractivity contribution is -0.385. The maximum atomic E-state index is 11.7. The largest absolute Gasteiger partial charge is 0.448 e. The molecule has 0 fully saturated rings. The molecule has 0 aliphatic heterocycles. The predicted molar refractivity (Wildman–Crippen MR) is 68.7 cm³/mol. The van der Waals surface area contributed by atoms with Crippen LogP contribution in [-0.4, -0.2) is 30.1 Å². The van der Waals surface area contributed by atoms with E-state index in [9.17, 15) is 19.7 Å². The number of nitrogens with two attached hydrogens (primary N) is 1. The number of nitrogens with one attached hydrogen (secondary N) is 1. The van der Waals surface area contributed by atoms with E-state index >= 15 is 0 Å². The third kappa shape index (κ3) is 4.21. The monoisotopic (exact) mass is 331 g/mol. The fourth-order valence-corrected chi connectivity index (χ4v) is 1.84. The van der Waals surface area contributed by atoms with Crippen LogP contribution in [0.15, 0.2) is 22.7 Å². The summed E-state index contributed by atoms with van der Waals surface area (Å²) < 4.78 is 4.52. The van der Waals surface area contributed by atoms with Crippen LogP contribution in [0.4, 0.5) is 10.5 Å². The highest BCUT2D eigenvalue weighted by Crippen LogP contribution is 2.27. The first-order chi connectivity index (χ1) is 8.93. The Kier molecular flexibility index (Phi) is 5.24. The lowest BCUT2D eigenvalue weighted by atomic mass is 10.2. The van der Waals surface area contributed by atoms with Gasteiger partial charge in [0.1, 0.15) is 11.1 Å². The molecule has 0 heterocycles. The van der Waals surface area contributed by atoms with Gasteiger partial charge in [-0.15, -0.1) is 0 Å². The van der Waals surface area contributed by atoms with Crippen molar-refractivity contribution in [3.8, 4) is 0 Å². The molecule has 2 amide bonds. The average molecular weight is 332 g/mol. The third-order valence-electron chi connectivity index (χ3n) is 2.05. The first kappa shape index (κ1) is 14.9. The van der Waals surface area contributed by atoms with E-state index in [1.54, 1.807) is 0 Å². The summed E-state index contributed by atoms with van der Waals surface area (Å²) in [6.07, 6.45) is -0.939. The molecule has 3 N–H and O–H groups in total. The molecule has 0 aliphatic carbocycles. The summed E-state index contributed by atoms with van der Waals surface area (Å²) in [7, 11) is 0. The third-order valence-corrected chi connectivity index (χ3v) is 2.89. The maximum absolute atomic E-state index is 11.7. The van der Waals surface area contributed by atoms with Crippen LogP contribution in [-0.2, 0) is 4.74 Å². The molecule has 0 saturated carbocycles. The van der Waals surface area contributed by atoms with Crippen molar-refractivity contribution in [2.24, 2.45) is 5.73 Å². The van der Waals surface area contributed by atoms with E-state index in [0.717, 1.165) is 0 Å². The first-order valence-electron chi connectivity index (χ1n) is 5.07. The van der Waals surface area contributed by atoms with Crippen LogP contribution < -0.4 is 11.1 Å². The number of carbonyl (C=O) groups excluding carboxylic acids is 2. The normalized spacial score (nSPS) is 9.74. The number of nitrogens with zero attached hydrogens (tertiary/aromatic N) is 1. The van der Waals surface area contributed by atoms with Crippen molar-refractivity contribution in [1.82, 2.24) is 5.32 Å². The molecule has 0 bridgehead atoms. The average Bonchev–Trinajstić information content (AvgIpc) is 2.34. The Morgan fingerprint density at radius 3 is 2.74 bits per heavy atom. The lowest BCUT2D eigenvalue weighted by Gasteiger charge is -2.07. The smallest absolute Gasteiger partial charge is 0.404 e. The van der Waals surface area contributed by atoms with Gasteiger partial charge in [0.05, 0.1) is 17.0 Å². The second-order valence-electron chi connectivity index (χ2n) is 3.32. The molecule has 0 saturated heterocycles. The Morgan fingerprint density at radius 1 is 1.47 bits per heavy atom. The molecule has 0 aromatic heterocycles. The van der Waals surface area contributed by atoms with Crippen molar-refractivity contribution in [3.63, 3.8) is 0 Å². The van der Waals surface area contributed by atoms with Crippen molar-refractivity contribution in [2.75, 3.05) is 13.2 Å². The summed E-state index contributed by atoms with van der Waals surface area (Å²) in [5.41, 5.74) is 4.65. The summed E-state index contributed by atoms with van der Waals surface area (Å²) in [4.78, 5) is 32.1. The van der Waals surface area contributed by atoms with Gasteiger partial charge in [0, 0.05) is 6.07 Å². The minimum absolute atomic E-state index is 0.0525. The van der Waals surface area contributed by atoms with Gasteiger partial charge in [-0.3, -0.25) is 14.9 Å². The highest BCUT2D eigenvalue weighted by Gasteiger charge is 2.19. The van der Waals surface area contributed by atoms with Gasteiger partial charge < -0.3 is 15.8 Å². The number of hydrogen-bond acceptors (Lipinski definition) is 5. The van der Waals surface area contributed by atoms with Crippen LogP contribution in [0.25, 0.3) is 0 Å². The summed E-state index contributed by atoms with van der Waals surface area (Å²) in [5.74, 6) is -0.524. The van der Waals surface area contributed by atoms with Gasteiger partial charge in [-0.25, -0.2) is 4.79 Å². The quantitative estimate of drug-likeness (QED) is 0.476. The fraction of sp³-hybridized carbons (Fsp3) is 0.200. The molecule has 1 aromatic rings. The number of carbonyl (C=O) groups is 2. The summed E-state index contributed by atoms with van der Waals surface area (Å²) >= 11 is 3.01. The summed E-state index contributed by atoms with van der Waals surface area (Å²) in [5, 5.41) is 13.1.